The fourth-order valence-corrected chi connectivity index (χ4v) is 6.34. The molecule has 0 aromatic heterocycles. The number of carbonyl (C=O) groups is 2. The molecule has 1 heterocycles. The van der Waals surface area contributed by atoms with Crippen molar-refractivity contribution in [2.24, 2.45) is 0 Å². The van der Waals surface area contributed by atoms with Gasteiger partial charge in [-0.05, 0) is 53.9 Å². The number of fused-ring (bicyclic) bond motifs is 1. The fourth-order valence-electron chi connectivity index (χ4n) is 4.70. The number of benzene rings is 4. The number of nitrogens with one attached hydrogen (secondary N) is 1. The highest BCUT2D eigenvalue weighted by atomic mass is 79.9. The van der Waals surface area contributed by atoms with Gasteiger partial charge in [0, 0.05) is 17.6 Å². The van der Waals surface area contributed by atoms with Crippen molar-refractivity contribution in [1.29, 1.82) is 0 Å². The molecule has 4 aromatic carbocycles. The summed E-state index contributed by atoms with van der Waals surface area (Å²) >= 11 is 3.34. The van der Waals surface area contributed by atoms with Gasteiger partial charge in [-0.2, -0.15) is 4.31 Å². The van der Waals surface area contributed by atoms with Gasteiger partial charge in [0.15, 0.2) is 6.10 Å². The maximum Gasteiger partial charge on any atom is 0.262 e. The zero-order valence-corrected chi connectivity index (χ0v) is 25.1. The Morgan fingerprint density at radius 1 is 0.857 bits per heavy atom. The monoisotopic (exact) mass is 647 g/mol. The summed E-state index contributed by atoms with van der Waals surface area (Å²) in [5, 5.41) is 2.90. The van der Waals surface area contributed by atoms with Crippen LogP contribution < -0.4 is 15.0 Å². The Bertz CT molecular complexity index is 1630. The summed E-state index contributed by atoms with van der Waals surface area (Å²) in [6.45, 7) is -0.0660. The Morgan fingerprint density at radius 3 is 2.17 bits per heavy atom. The number of ether oxygens (including phenoxy) is 1. The number of para-hydroxylation sites is 2. The van der Waals surface area contributed by atoms with E-state index >= 15 is 0 Å². The van der Waals surface area contributed by atoms with Crippen molar-refractivity contribution in [3.63, 3.8) is 0 Å². The van der Waals surface area contributed by atoms with Crippen LogP contribution in [0.15, 0.2) is 119 Å². The molecule has 0 spiro atoms. The predicted octanol–water partition coefficient (Wildman–Crippen LogP) is 4.79. The molecule has 0 saturated heterocycles. The van der Waals surface area contributed by atoms with Crippen LogP contribution in [0, 0.1) is 0 Å². The molecule has 2 amide bonds. The number of hydrogen-bond donors (Lipinski definition) is 1. The van der Waals surface area contributed by atoms with Crippen LogP contribution in [0.3, 0.4) is 0 Å². The smallest absolute Gasteiger partial charge is 0.262 e. The highest BCUT2D eigenvalue weighted by Crippen LogP contribution is 2.33. The summed E-state index contributed by atoms with van der Waals surface area (Å²) in [6, 6.07) is 32.2. The normalized spacial score (nSPS) is 14.6. The van der Waals surface area contributed by atoms with Gasteiger partial charge in [0.1, 0.15) is 5.75 Å². The number of carbonyl (C=O) groups excluding carboxylic acids is 2. The Hall–Kier alpha value is -3.99. The van der Waals surface area contributed by atoms with Crippen LogP contribution in [0.2, 0.25) is 0 Å². The summed E-state index contributed by atoms with van der Waals surface area (Å²) in [5.41, 5.74) is 2.32. The molecule has 1 N–H and O–H groups in total. The molecule has 0 bridgehead atoms. The highest BCUT2D eigenvalue weighted by Gasteiger charge is 2.36. The molecule has 8 nitrogen and oxygen atoms in total. The number of rotatable bonds is 10. The number of hydrogen-bond acceptors (Lipinski definition) is 5. The Morgan fingerprint density at radius 2 is 1.48 bits per heavy atom. The van der Waals surface area contributed by atoms with E-state index in [1.54, 1.807) is 36.4 Å². The fraction of sp³-hybridized carbons (Fsp3) is 0.188. The van der Waals surface area contributed by atoms with Gasteiger partial charge in [0.2, 0.25) is 15.9 Å². The molecule has 1 aliphatic rings. The van der Waals surface area contributed by atoms with Crippen LogP contribution in [-0.4, -0.2) is 50.3 Å². The third-order valence-electron chi connectivity index (χ3n) is 6.89. The van der Waals surface area contributed by atoms with Crippen molar-refractivity contribution in [3.05, 3.63) is 125 Å². The average Bonchev–Trinajstić information content (AvgIpc) is 3.01. The topological polar surface area (TPSA) is 96.0 Å². The quantitative estimate of drug-likeness (QED) is 0.267. The first kappa shape index (κ1) is 29.5. The number of halogens is 1. The van der Waals surface area contributed by atoms with Crippen molar-refractivity contribution in [1.82, 2.24) is 9.62 Å². The van der Waals surface area contributed by atoms with Crippen molar-refractivity contribution in [2.75, 3.05) is 24.5 Å². The predicted molar refractivity (Wildman–Crippen MR) is 165 cm³/mol. The van der Waals surface area contributed by atoms with Gasteiger partial charge in [-0.3, -0.25) is 9.59 Å². The molecule has 0 aliphatic carbocycles. The average molecular weight is 649 g/mol. The van der Waals surface area contributed by atoms with E-state index in [9.17, 15) is 18.0 Å². The summed E-state index contributed by atoms with van der Waals surface area (Å²) in [5.74, 6) is -0.433. The SMILES string of the molecule is O=C(NCCc1ccccc1)[C@H]1CN(C(=O)CN(Cc2ccccc2)S(=O)(=O)c2ccc(Br)cc2)c2ccccc2O1. The second-order valence-electron chi connectivity index (χ2n) is 9.82. The molecule has 10 heteroatoms. The van der Waals surface area contributed by atoms with Gasteiger partial charge >= 0.3 is 0 Å². The summed E-state index contributed by atoms with van der Waals surface area (Å²) in [6.07, 6.45) is -0.300. The summed E-state index contributed by atoms with van der Waals surface area (Å²) < 4.78 is 35.4. The van der Waals surface area contributed by atoms with Crippen molar-refractivity contribution >= 4 is 43.5 Å². The Labute approximate surface area is 254 Å². The third kappa shape index (κ3) is 7.07. The van der Waals surface area contributed by atoms with E-state index in [0.29, 0.717) is 24.4 Å². The van der Waals surface area contributed by atoms with E-state index in [1.165, 1.54) is 21.3 Å². The molecule has 0 unspecified atom stereocenters. The van der Waals surface area contributed by atoms with Gasteiger partial charge < -0.3 is 15.0 Å². The summed E-state index contributed by atoms with van der Waals surface area (Å²) in [4.78, 5) is 28.5. The molecule has 0 radical (unpaired) electrons. The zero-order valence-electron chi connectivity index (χ0n) is 22.7. The maximum absolute atomic E-state index is 13.9. The molecule has 0 fully saturated rings. The molecular formula is C32H30BrN3O5S. The minimum absolute atomic E-state index is 0.000362. The minimum Gasteiger partial charge on any atom is -0.477 e. The van der Waals surface area contributed by atoms with Gasteiger partial charge in [-0.1, -0.05) is 88.7 Å². The Kier molecular flexibility index (Phi) is 9.36. The minimum atomic E-state index is -4.04. The van der Waals surface area contributed by atoms with Crippen molar-refractivity contribution < 1.29 is 22.7 Å². The first-order valence-electron chi connectivity index (χ1n) is 13.5. The summed E-state index contributed by atoms with van der Waals surface area (Å²) in [7, 11) is -4.04. The van der Waals surface area contributed by atoms with E-state index in [0.717, 1.165) is 15.6 Å². The second-order valence-corrected chi connectivity index (χ2v) is 12.7. The molecule has 216 valence electrons. The molecular weight excluding hydrogens is 618 g/mol. The molecule has 42 heavy (non-hydrogen) atoms. The van der Waals surface area contributed by atoms with Gasteiger partial charge in [-0.25, -0.2) is 8.42 Å². The largest absolute Gasteiger partial charge is 0.477 e. The zero-order chi connectivity index (χ0) is 29.5. The number of nitrogens with zero attached hydrogens (tertiary/aromatic N) is 2. The van der Waals surface area contributed by atoms with Crippen LogP contribution in [0.4, 0.5) is 5.69 Å². The molecule has 1 atom stereocenters. The number of sulfonamides is 1. The van der Waals surface area contributed by atoms with Gasteiger partial charge in [0.25, 0.3) is 5.91 Å². The van der Waals surface area contributed by atoms with E-state index in [2.05, 4.69) is 21.2 Å². The van der Waals surface area contributed by atoms with E-state index in [4.69, 9.17) is 4.74 Å². The van der Waals surface area contributed by atoms with Crippen LogP contribution in [-0.2, 0) is 32.6 Å². The third-order valence-corrected chi connectivity index (χ3v) is 9.22. The first-order chi connectivity index (χ1) is 20.3. The van der Waals surface area contributed by atoms with Crippen LogP contribution in [0.1, 0.15) is 11.1 Å². The standard InChI is InChI=1S/C32H30BrN3O5S/c33-26-15-17-27(18-16-26)42(39,40)35(21-25-11-5-2-6-12-25)23-31(37)36-22-30(41-29-14-8-7-13-28(29)36)32(38)34-20-19-24-9-3-1-4-10-24/h1-18,30H,19-23H2,(H,34,38)/t30-/m1/s1. The highest BCUT2D eigenvalue weighted by molar-refractivity contribution is 9.10. The Balaban J connectivity index is 1.36. The van der Waals surface area contributed by atoms with Crippen molar-refractivity contribution in [2.45, 2.75) is 24.0 Å². The van der Waals surface area contributed by atoms with Crippen molar-refractivity contribution in [3.8, 4) is 5.75 Å². The lowest BCUT2D eigenvalue weighted by atomic mass is 10.1. The van der Waals surface area contributed by atoms with Gasteiger partial charge in [-0.15, -0.1) is 0 Å². The molecule has 4 aromatic rings. The van der Waals surface area contributed by atoms with Crippen LogP contribution >= 0.6 is 15.9 Å². The van der Waals surface area contributed by atoms with E-state index in [1.807, 2.05) is 60.7 Å². The maximum atomic E-state index is 13.9. The lowest BCUT2D eigenvalue weighted by Crippen LogP contribution is -2.53. The van der Waals surface area contributed by atoms with E-state index < -0.39 is 28.6 Å². The first-order valence-corrected chi connectivity index (χ1v) is 15.7. The van der Waals surface area contributed by atoms with Crippen LogP contribution in [0.5, 0.6) is 5.75 Å². The van der Waals surface area contributed by atoms with Crippen LogP contribution in [0.25, 0.3) is 0 Å². The number of amides is 2. The molecule has 1 aliphatic heterocycles. The second kappa shape index (κ2) is 13.3. The molecule has 0 saturated carbocycles. The van der Waals surface area contributed by atoms with E-state index in [-0.39, 0.29) is 23.9 Å². The lowest BCUT2D eigenvalue weighted by Gasteiger charge is -2.35. The lowest BCUT2D eigenvalue weighted by molar-refractivity contribution is -0.128. The molecule has 5 rings (SSSR count). The number of anilines is 1. The van der Waals surface area contributed by atoms with Gasteiger partial charge in [0.05, 0.1) is 23.7 Å².